The Morgan fingerprint density at radius 1 is 1.20 bits per heavy atom. The predicted octanol–water partition coefficient (Wildman–Crippen LogP) is 1.05. The van der Waals surface area contributed by atoms with Gasteiger partial charge in [0.2, 0.25) is 0 Å². The third kappa shape index (κ3) is 1.23. The summed E-state index contributed by atoms with van der Waals surface area (Å²) in [7, 11) is 0. The highest BCUT2D eigenvalue weighted by atomic mass is 16.3. The van der Waals surface area contributed by atoms with E-state index in [4.69, 9.17) is 0 Å². The quantitative estimate of drug-likeness (QED) is 0.754. The number of aliphatic hydroxyl groups is 1. The van der Waals surface area contributed by atoms with E-state index in [1.807, 2.05) is 0 Å². The minimum absolute atomic E-state index is 0.668. The van der Waals surface area contributed by atoms with Crippen LogP contribution in [0.3, 0.4) is 0 Å². The van der Waals surface area contributed by atoms with Gasteiger partial charge in [-0.3, -0.25) is 0 Å². The van der Waals surface area contributed by atoms with E-state index in [0.29, 0.717) is 5.65 Å². The summed E-state index contributed by atoms with van der Waals surface area (Å²) >= 11 is 0. The summed E-state index contributed by atoms with van der Waals surface area (Å²) in [5, 5.41) is 14.6. The lowest BCUT2D eigenvalue weighted by Gasteiger charge is -2.22. The molecule has 1 fully saturated rings. The van der Waals surface area contributed by atoms with E-state index in [0.717, 1.165) is 31.2 Å². The van der Waals surface area contributed by atoms with Gasteiger partial charge in [0, 0.05) is 12.4 Å². The third-order valence-electron chi connectivity index (χ3n) is 3.00. The number of nitrogens with zero attached hydrogens (tertiary/aromatic N) is 4. The monoisotopic (exact) mass is 204 g/mol. The van der Waals surface area contributed by atoms with E-state index in [-0.39, 0.29) is 0 Å². The fraction of sp³-hybridized carbons (Fsp3) is 0.500. The molecule has 0 amide bonds. The van der Waals surface area contributed by atoms with Crippen molar-refractivity contribution in [2.24, 2.45) is 0 Å². The molecule has 0 spiro atoms. The smallest absolute Gasteiger partial charge is 0.179 e. The molecule has 3 rings (SSSR count). The zero-order valence-corrected chi connectivity index (χ0v) is 8.30. The van der Waals surface area contributed by atoms with Crippen molar-refractivity contribution in [2.45, 2.75) is 31.4 Å². The van der Waals surface area contributed by atoms with Crippen LogP contribution in [0.4, 0.5) is 0 Å². The Morgan fingerprint density at radius 3 is 2.73 bits per heavy atom. The third-order valence-corrected chi connectivity index (χ3v) is 3.00. The highest BCUT2D eigenvalue weighted by molar-refractivity contribution is 5.68. The molecule has 1 N–H and O–H groups in total. The molecule has 1 aliphatic rings. The van der Waals surface area contributed by atoms with Gasteiger partial charge >= 0.3 is 0 Å². The lowest BCUT2D eigenvalue weighted by molar-refractivity contribution is -0.0381. The van der Waals surface area contributed by atoms with Crippen LogP contribution in [0.1, 0.15) is 25.7 Å². The molecule has 5 nitrogen and oxygen atoms in total. The highest BCUT2D eigenvalue weighted by Crippen LogP contribution is 2.34. The summed E-state index contributed by atoms with van der Waals surface area (Å²) in [5.41, 5.74) is 0.553. The van der Waals surface area contributed by atoms with Crippen LogP contribution >= 0.6 is 0 Å². The largest absolute Gasteiger partial charge is 0.369 e. The van der Waals surface area contributed by atoms with Gasteiger partial charge in [-0.1, -0.05) is 0 Å². The van der Waals surface area contributed by atoms with Crippen LogP contribution in [0, 0.1) is 0 Å². The van der Waals surface area contributed by atoms with Gasteiger partial charge in [0.15, 0.2) is 11.4 Å². The van der Waals surface area contributed by atoms with Gasteiger partial charge in [-0.2, -0.15) is 5.10 Å². The summed E-state index contributed by atoms with van der Waals surface area (Å²) in [4.78, 5) is 8.36. The van der Waals surface area contributed by atoms with Crippen molar-refractivity contribution >= 4 is 11.2 Å². The van der Waals surface area contributed by atoms with Gasteiger partial charge in [0.25, 0.3) is 0 Å². The second-order valence-electron chi connectivity index (χ2n) is 4.01. The Morgan fingerprint density at radius 2 is 1.93 bits per heavy atom. The molecule has 2 aromatic rings. The number of rotatable bonds is 1. The Kier molecular flexibility index (Phi) is 1.76. The molecule has 0 aromatic carbocycles. The Balaban J connectivity index is 2.18. The second kappa shape index (κ2) is 3.00. The molecule has 1 saturated carbocycles. The van der Waals surface area contributed by atoms with Crippen LogP contribution in [-0.2, 0) is 5.72 Å². The van der Waals surface area contributed by atoms with Crippen molar-refractivity contribution in [1.29, 1.82) is 0 Å². The first-order valence-electron chi connectivity index (χ1n) is 5.17. The highest BCUT2D eigenvalue weighted by Gasteiger charge is 2.35. The molecule has 0 radical (unpaired) electrons. The fourth-order valence-electron chi connectivity index (χ4n) is 2.22. The summed E-state index contributed by atoms with van der Waals surface area (Å²) in [6.45, 7) is 0. The molecule has 1 aliphatic carbocycles. The van der Waals surface area contributed by atoms with Crippen LogP contribution in [0.2, 0.25) is 0 Å². The van der Waals surface area contributed by atoms with Gasteiger partial charge in [-0.05, 0) is 25.7 Å². The van der Waals surface area contributed by atoms with Crippen LogP contribution in [0.15, 0.2) is 18.6 Å². The maximum absolute atomic E-state index is 10.4. The van der Waals surface area contributed by atoms with E-state index in [1.54, 1.807) is 23.3 Å². The molecule has 0 saturated heterocycles. The minimum Gasteiger partial charge on any atom is -0.369 e. The van der Waals surface area contributed by atoms with Gasteiger partial charge in [0.1, 0.15) is 5.52 Å². The van der Waals surface area contributed by atoms with Crippen molar-refractivity contribution in [3.05, 3.63) is 18.6 Å². The maximum Gasteiger partial charge on any atom is 0.179 e. The van der Waals surface area contributed by atoms with Crippen molar-refractivity contribution in [3.8, 4) is 0 Å². The average Bonchev–Trinajstić information content (AvgIpc) is 2.84. The zero-order valence-electron chi connectivity index (χ0n) is 8.30. The summed E-state index contributed by atoms with van der Waals surface area (Å²) in [6, 6.07) is 0. The summed E-state index contributed by atoms with van der Waals surface area (Å²) in [5.74, 6) is 0. The topological polar surface area (TPSA) is 63.8 Å². The van der Waals surface area contributed by atoms with Gasteiger partial charge < -0.3 is 5.11 Å². The molecule has 0 aliphatic heterocycles. The van der Waals surface area contributed by atoms with Crippen molar-refractivity contribution in [2.75, 3.05) is 0 Å². The lowest BCUT2D eigenvalue weighted by atomic mass is 10.2. The summed E-state index contributed by atoms with van der Waals surface area (Å²) in [6.07, 6.45) is 8.49. The second-order valence-corrected chi connectivity index (χ2v) is 4.01. The molecular weight excluding hydrogens is 192 g/mol. The van der Waals surface area contributed by atoms with Crippen LogP contribution in [-0.4, -0.2) is 24.9 Å². The SMILES string of the molecule is OC1(n2ncc3nccnc32)CCCC1. The Hall–Kier alpha value is -1.49. The van der Waals surface area contributed by atoms with Crippen molar-refractivity contribution < 1.29 is 5.11 Å². The van der Waals surface area contributed by atoms with Gasteiger partial charge in [-0.15, -0.1) is 0 Å². The van der Waals surface area contributed by atoms with Crippen LogP contribution < -0.4 is 0 Å². The zero-order chi connectivity index (χ0) is 10.3. The Labute approximate surface area is 86.8 Å². The molecule has 2 heterocycles. The molecule has 5 heteroatoms. The standard InChI is InChI=1S/C10H12N4O/c15-10(3-1-2-4-10)14-9-8(7-13-14)11-5-6-12-9/h5-7,15H,1-4H2. The van der Waals surface area contributed by atoms with E-state index < -0.39 is 5.72 Å². The van der Waals surface area contributed by atoms with Gasteiger partial charge in [-0.25, -0.2) is 14.6 Å². The molecule has 0 atom stereocenters. The van der Waals surface area contributed by atoms with Crippen LogP contribution in [0.5, 0.6) is 0 Å². The van der Waals surface area contributed by atoms with Crippen LogP contribution in [0.25, 0.3) is 11.2 Å². The lowest BCUT2D eigenvalue weighted by Crippen LogP contribution is -2.30. The number of fused-ring (bicyclic) bond motifs is 1. The normalized spacial score (nSPS) is 19.8. The van der Waals surface area contributed by atoms with E-state index in [1.165, 1.54) is 0 Å². The molecule has 2 aromatic heterocycles. The number of hydrogen-bond acceptors (Lipinski definition) is 4. The molecule has 15 heavy (non-hydrogen) atoms. The maximum atomic E-state index is 10.4. The average molecular weight is 204 g/mol. The van der Waals surface area contributed by atoms with Crippen molar-refractivity contribution in [1.82, 2.24) is 19.7 Å². The number of hydrogen-bond donors (Lipinski definition) is 1. The molecule has 78 valence electrons. The van der Waals surface area contributed by atoms with E-state index in [9.17, 15) is 5.11 Å². The Bertz CT molecular complexity index is 487. The first kappa shape index (κ1) is 8.79. The fourth-order valence-corrected chi connectivity index (χ4v) is 2.22. The van der Waals surface area contributed by atoms with Gasteiger partial charge in [0.05, 0.1) is 6.20 Å². The van der Waals surface area contributed by atoms with E-state index in [2.05, 4.69) is 15.1 Å². The van der Waals surface area contributed by atoms with Crippen molar-refractivity contribution in [3.63, 3.8) is 0 Å². The minimum atomic E-state index is -0.849. The first-order valence-corrected chi connectivity index (χ1v) is 5.17. The molecule has 0 bridgehead atoms. The summed E-state index contributed by atoms with van der Waals surface area (Å²) < 4.78 is 1.61. The molecular formula is C10H12N4O. The van der Waals surface area contributed by atoms with E-state index >= 15 is 0 Å². The predicted molar refractivity (Wildman–Crippen MR) is 54.0 cm³/mol. The first-order chi connectivity index (χ1) is 7.30. The number of aromatic nitrogens is 4. The molecule has 0 unspecified atom stereocenters.